The normalized spacial score (nSPS) is 35.1. The van der Waals surface area contributed by atoms with Gasteiger partial charge >= 0.3 is 11.9 Å². The van der Waals surface area contributed by atoms with E-state index in [1.165, 1.54) is 0 Å². The molecule has 5 fully saturated rings. The number of nitrogens with zero attached hydrogens (tertiary/aromatic N) is 1. The molecule has 0 radical (unpaired) electrons. The standard InChI is InChI=1S/C51H74ClN3O9/c1-29(2)41-35(57)26-51(54-43(59)30(3)53-44(60)33-12-11-31(52)25-36(33)63-24-23-55-22-17-32(56)28-55)21-20-49(9)34(42(41)51)13-14-38-48(8)18-16-39(64-40(58)27-46(4,5)45(61)62)47(6,7)37(48)15-19-50(38,49)10/h11-12,25,29-30,32,34,37-39,56H,13-24,26-28H2,1-10H3,(H,53,60)(H,54,59)(H,61,62)/t30?,32-,34-,37+,38-,39+,48+,49-,50-,51?/m1/s1. The first-order valence-corrected chi connectivity index (χ1v) is 24.3. The molecule has 1 aromatic rings. The summed E-state index contributed by atoms with van der Waals surface area (Å²) in [4.78, 5) is 69.5. The van der Waals surface area contributed by atoms with Crippen molar-refractivity contribution in [2.24, 2.45) is 50.7 Å². The van der Waals surface area contributed by atoms with E-state index in [-0.39, 0.29) is 75.8 Å². The lowest BCUT2D eigenvalue weighted by molar-refractivity contribution is -0.232. The molecular weight excluding hydrogens is 834 g/mol. The Bertz CT molecular complexity index is 2080. The number of likely N-dealkylation sites (tertiary alicyclic amines) is 1. The van der Waals surface area contributed by atoms with E-state index >= 15 is 0 Å². The Labute approximate surface area is 385 Å². The van der Waals surface area contributed by atoms with Crippen LogP contribution >= 0.6 is 11.6 Å². The molecule has 0 spiro atoms. The Morgan fingerprint density at radius 2 is 1.66 bits per heavy atom. The third-order valence-electron chi connectivity index (χ3n) is 18.0. The molecule has 7 rings (SSSR count). The number of aliphatic hydroxyl groups is 1. The molecule has 1 heterocycles. The smallest absolute Gasteiger partial charge is 0.309 e. The number of carboxylic acids is 1. The van der Waals surface area contributed by atoms with E-state index < -0.39 is 34.8 Å². The average Bonchev–Trinajstić information content (AvgIpc) is 3.74. The summed E-state index contributed by atoms with van der Waals surface area (Å²) < 4.78 is 12.2. The number of allylic oxidation sites excluding steroid dienone is 1. The number of esters is 1. The third-order valence-corrected chi connectivity index (χ3v) is 18.2. The molecule has 4 N–H and O–H groups in total. The average molecular weight is 909 g/mol. The van der Waals surface area contributed by atoms with E-state index in [1.807, 2.05) is 0 Å². The van der Waals surface area contributed by atoms with Crippen LogP contribution in [0, 0.1) is 50.7 Å². The summed E-state index contributed by atoms with van der Waals surface area (Å²) in [6.07, 6.45) is 7.12. The SMILES string of the molecule is CC(C)C1=C2[C@H]3CC[C@@H]4[C@@]5(C)CC[C@H](OC(=O)CC(C)(C)C(=O)O)C(C)(C)[C@@H]5CC[C@@]4(C)[C@]3(C)CCC2(NC(=O)C(C)NC(=O)c2ccc(Cl)cc2OCCN2CC[C@@H](O)C2)CC1=O. The molecule has 1 aliphatic heterocycles. The van der Waals surface area contributed by atoms with Gasteiger partial charge in [0.05, 0.1) is 29.0 Å². The number of halogens is 1. The van der Waals surface area contributed by atoms with Crippen molar-refractivity contribution in [1.29, 1.82) is 0 Å². The predicted octanol–water partition coefficient (Wildman–Crippen LogP) is 8.17. The zero-order valence-corrected chi connectivity index (χ0v) is 40.7. The van der Waals surface area contributed by atoms with Crippen LogP contribution in [0.1, 0.15) is 150 Å². The van der Waals surface area contributed by atoms with Gasteiger partial charge in [0.2, 0.25) is 5.91 Å². The highest BCUT2D eigenvalue weighted by atomic mass is 35.5. The largest absolute Gasteiger partial charge is 0.491 e. The fourth-order valence-electron chi connectivity index (χ4n) is 14.4. The van der Waals surface area contributed by atoms with Crippen molar-refractivity contribution in [3.05, 3.63) is 39.9 Å². The number of rotatable bonds is 13. The van der Waals surface area contributed by atoms with Gasteiger partial charge in [-0.15, -0.1) is 0 Å². The number of Topliss-reactive ketones (excluding diaryl/α,β-unsaturated/α-hetero) is 1. The van der Waals surface area contributed by atoms with Gasteiger partial charge < -0.3 is 30.3 Å². The number of aliphatic carboxylic acids is 1. The second-order valence-corrected chi connectivity index (χ2v) is 23.3. The van der Waals surface area contributed by atoms with Crippen molar-refractivity contribution >= 4 is 41.1 Å². The quantitative estimate of drug-likeness (QED) is 0.142. The Morgan fingerprint density at radius 3 is 2.31 bits per heavy atom. The summed E-state index contributed by atoms with van der Waals surface area (Å²) in [7, 11) is 0. The molecule has 64 heavy (non-hydrogen) atoms. The van der Waals surface area contributed by atoms with Gasteiger partial charge in [-0.05, 0) is 148 Å². The number of ether oxygens (including phenoxy) is 2. The molecule has 2 amide bonds. The zero-order chi connectivity index (χ0) is 46.9. The first kappa shape index (κ1) is 48.5. The summed E-state index contributed by atoms with van der Waals surface area (Å²) in [5, 5.41) is 26.3. The van der Waals surface area contributed by atoms with E-state index in [0.717, 1.165) is 69.1 Å². The monoisotopic (exact) mass is 908 g/mol. The van der Waals surface area contributed by atoms with Gasteiger partial charge in [-0.2, -0.15) is 0 Å². The topological polar surface area (TPSA) is 172 Å². The van der Waals surface area contributed by atoms with E-state index in [4.69, 9.17) is 21.1 Å². The van der Waals surface area contributed by atoms with E-state index in [1.54, 1.807) is 39.0 Å². The molecule has 6 aliphatic rings. The second kappa shape index (κ2) is 17.3. The lowest BCUT2D eigenvalue weighted by Gasteiger charge is -2.72. The minimum absolute atomic E-state index is 0.0155. The predicted molar refractivity (Wildman–Crippen MR) is 245 cm³/mol. The van der Waals surface area contributed by atoms with Crippen LogP contribution in [-0.4, -0.2) is 94.7 Å². The summed E-state index contributed by atoms with van der Waals surface area (Å²) in [6.45, 7) is 23.1. The molecule has 12 nitrogen and oxygen atoms in total. The maximum Gasteiger partial charge on any atom is 0.309 e. The van der Waals surface area contributed by atoms with E-state index in [2.05, 4.69) is 64.0 Å². The molecule has 4 saturated carbocycles. The molecule has 0 aromatic heterocycles. The summed E-state index contributed by atoms with van der Waals surface area (Å²) in [5.41, 5.74) is -0.329. The Hall–Kier alpha value is -3.48. The summed E-state index contributed by atoms with van der Waals surface area (Å²) in [6, 6.07) is 3.91. The molecule has 1 saturated heterocycles. The van der Waals surface area contributed by atoms with Crippen LogP contribution in [0.5, 0.6) is 5.75 Å². The fraction of sp³-hybridized carbons (Fsp3) is 0.745. The highest BCUT2D eigenvalue weighted by Crippen LogP contribution is 2.76. The molecule has 10 atom stereocenters. The second-order valence-electron chi connectivity index (χ2n) is 22.9. The van der Waals surface area contributed by atoms with Gasteiger partial charge in [0.25, 0.3) is 5.91 Å². The number of carboxylic acid groups (broad SMARTS) is 1. The van der Waals surface area contributed by atoms with Crippen LogP contribution in [0.3, 0.4) is 0 Å². The lowest BCUT2D eigenvalue weighted by atomic mass is 9.33. The van der Waals surface area contributed by atoms with Gasteiger partial charge in [0.1, 0.15) is 24.5 Å². The molecule has 5 aliphatic carbocycles. The van der Waals surface area contributed by atoms with Gasteiger partial charge in [-0.1, -0.05) is 60.1 Å². The number of β-amino-alcohol motifs (C(OH)–C–C–N with tert-alkyl or cyclic N) is 1. The van der Waals surface area contributed by atoms with Gasteiger partial charge in [-0.25, -0.2) is 0 Å². The fourth-order valence-corrected chi connectivity index (χ4v) is 14.5. The van der Waals surface area contributed by atoms with Crippen molar-refractivity contribution in [2.75, 3.05) is 26.2 Å². The number of hydrogen-bond donors (Lipinski definition) is 4. The van der Waals surface area contributed by atoms with Crippen molar-refractivity contribution < 1.29 is 43.7 Å². The number of nitrogens with one attached hydrogen (secondary N) is 2. The van der Waals surface area contributed by atoms with Crippen molar-refractivity contribution in [2.45, 2.75) is 164 Å². The molecule has 354 valence electrons. The molecular formula is C51H74ClN3O9. The van der Waals surface area contributed by atoms with Gasteiger partial charge in [0.15, 0.2) is 5.78 Å². The number of carbonyl (C=O) groups is 5. The molecule has 2 unspecified atom stereocenters. The van der Waals surface area contributed by atoms with Crippen LogP contribution in [0.2, 0.25) is 5.02 Å². The Morgan fingerprint density at radius 1 is 0.938 bits per heavy atom. The highest BCUT2D eigenvalue weighted by Gasteiger charge is 2.70. The number of amides is 2. The van der Waals surface area contributed by atoms with Crippen molar-refractivity contribution in [1.82, 2.24) is 15.5 Å². The maximum absolute atomic E-state index is 14.4. The number of aliphatic hydroxyl groups excluding tert-OH is 1. The first-order valence-electron chi connectivity index (χ1n) is 24.0. The van der Waals surface area contributed by atoms with Crippen LogP contribution in [0.4, 0.5) is 0 Å². The van der Waals surface area contributed by atoms with Crippen LogP contribution in [0.25, 0.3) is 0 Å². The van der Waals surface area contributed by atoms with E-state index in [9.17, 15) is 34.2 Å². The Kier molecular flexibility index (Phi) is 13.1. The summed E-state index contributed by atoms with van der Waals surface area (Å²) in [5.74, 6) is -1.08. The minimum Gasteiger partial charge on any atom is -0.491 e. The lowest BCUT2D eigenvalue weighted by Crippen LogP contribution is -2.67. The highest BCUT2D eigenvalue weighted by molar-refractivity contribution is 6.30. The van der Waals surface area contributed by atoms with Crippen LogP contribution in [0.15, 0.2) is 29.3 Å². The molecule has 13 heteroatoms. The number of benzene rings is 1. The molecule has 1 aromatic carbocycles. The van der Waals surface area contributed by atoms with Crippen LogP contribution in [-0.2, 0) is 23.9 Å². The number of fused-ring (bicyclic) bond motifs is 7. The minimum atomic E-state index is -1.20. The Balaban J connectivity index is 1.08. The maximum atomic E-state index is 14.4. The van der Waals surface area contributed by atoms with Gasteiger partial charge in [0, 0.05) is 36.5 Å². The number of carbonyl (C=O) groups excluding carboxylic acids is 4. The third kappa shape index (κ3) is 8.32. The number of hydrogen-bond acceptors (Lipinski definition) is 9. The first-order chi connectivity index (χ1) is 29.8. The van der Waals surface area contributed by atoms with E-state index in [0.29, 0.717) is 48.7 Å². The van der Waals surface area contributed by atoms with Crippen molar-refractivity contribution in [3.63, 3.8) is 0 Å². The number of ketones is 1. The molecule has 0 bridgehead atoms. The summed E-state index contributed by atoms with van der Waals surface area (Å²) >= 11 is 6.32. The zero-order valence-electron chi connectivity index (χ0n) is 40.0. The van der Waals surface area contributed by atoms with Crippen LogP contribution < -0.4 is 15.4 Å². The van der Waals surface area contributed by atoms with Gasteiger partial charge in [-0.3, -0.25) is 28.9 Å². The van der Waals surface area contributed by atoms with Crippen molar-refractivity contribution in [3.8, 4) is 5.75 Å².